The van der Waals surface area contributed by atoms with Crippen LogP contribution in [0.3, 0.4) is 0 Å². The average Bonchev–Trinajstić information content (AvgIpc) is 2.47. The maximum atomic E-state index is 12.0. The minimum Gasteiger partial charge on any atom is -0.319 e. The molecule has 0 saturated heterocycles. The maximum Gasteiger partial charge on any atom is 0.274 e. The molecule has 1 aromatic carbocycles. The van der Waals surface area contributed by atoms with Crippen LogP contribution in [0.15, 0.2) is 36.4 Å². The number of nitriles is 1. The van der Waals surface area contributed by atoms with E-state index in [2.05, 4.69) is 10.3 Å². The molecule has 0 atom stereocenters. The van der Waals surface area contributed by atoms with Gasteiger partial charge in [-0.2, -0.15) is 5.26 Å². The number of non-ortho nitro benzene ring substituents is 1. The summed E-state index contributed by atoms with van der Waals surface area (Å²) in [6.07, 6.45) is 0. The summed E-state index contributed by atoms with van der Waals surface area (Å²) in [5.41, 5.74) is -0.00961. The third-order valence-electron chi connectivity index (χ3n) is 2.53. The summed E-state index contributed by atoms with van der Waals surface area (Å²) in [7, 11) is 0. The fourth-order valence-corrected chi connectivity index (χ4v) is 1.73. The fourth-order valence-electron chi connectivity index (χ4n) is 1.57. The van der Waals surface area contributed by atoms with Crippen LogP contribution in [0.1, 0.15) is 16.1 Å². The van der Waals surface area contributed by atoms with E-state index < -0.39 is 10.8 Å². The smallest absolute Gasteiger partial charge is 0.274 e. The van der Waals surface area contributed by atoms with E-state index in [-0.39, 0.29) is 27.8 Å². The lowest BCUT2D eigenvalue weighted by Gasteiger charge is -2.06. The standard InChI is InChI=1S/C13H7ClN4O3/c14-12-3-1-2-11(16-12)13(19)17-10-5-4-9(18(20)21)6-8(10)7-15/h1-6H,(H,17,19). The Hall–Kier alpha value is -2.98. The number of aromatic nitrogens is 1. The number of amides is 1. The molecule has 0 unspecified atom stereocenters. The van der Waals surface area contributed by atoms with Crippen molar-refractivity contribution in [3.05, 3.63) is 62.9 Å². The number of hydrogen-bond donors (Lipinski definition) is 1. The summed E-state index contributed by atoms with van der Waals surface area (Å²) in [5.74, 6) is -0.567. The summed E-state index contributed by atoms with van der Waals surface area (Å²) < 4.78 is 0. The van der Waals surface area contributed by atoms with E-state index >= 15 is 0 Å². The molecule has 1 aromatic heterocycles. The van der Waals surface area contributed by atoms with Gasteiger partial charge in [-0.3, -0.25) is 14.9 Å². The third kappa shape index (κ3) is 3.32. The van der Waals surface area contributed by atoms with Crippen molar-refractivity contribution in [3.63, 3.8) is 0 Å². The molecule has 7 nitrogen and oxygen atoms in total. The van der Waals surface area contributed by atoms with Gasteiger partial charge in [0.1, 0.15) is 16.9 Å². The van der Waals surface area contributed by atoms with Gasteiger partial charge in [-0.05, 0) is 18.2 Å². The molecular formula is C13H7ClN4O3. The van der Waals surface area contributed by atoms with E-state index in [1.165, 1.54) is 24.3 Å². The van der Waals surface area contributed by atoms with Crippen molar-refractivity contribution in [2.45, 2.75) is 0 Å². The van der Waals surface area contributed by atoms with Crippen LogP contribution in [0.2, 0.25) is 5.15 Å². The number of nitrogens with zero attached hydrogens (tertiary/aromatic N) is 3. The predicted octanol–water partition coefficient (Wildman–Crippen LogP) is 2.77. The molecular weight excluding hydrogens is 296 g/mol. The molecule has 2 rings (SSSR count). The third-order valence-corrected chi connectivity index (χ3v) is 2.74. The van der Waals surface area contributed by atoms with Crippen molar-refractivity contribution in [1.82, 2.24) is 4.98 Å². The lowest BCUT2D eigenvalue weighted by Crippen LogP contribution is -2.14. The second-order valence-corrected chi connectivity index (χ2v) is 4.29. The second-order valence-electron chi connectivity index (χ2n) is 3.90. The van der Waals surface area contributed by atoms with E-state index in [0.29, 0.717) is 0 Å². The topological polar surface area (TPSA) is 109 Å². The molecule has 104 valence electrons. The highest BCUT2D eigenvalue weighted by Crippen LogP contribution is 2.22. The van der Waals surface area contributed by atoms with Crippen LogP contribution >= 0.6 is 11.6 Å². The minimum atomic E-state index is -0.620. The first kappa shape index (κ1) is 14.4. The zero-order valence-electron chi connectivity index (χ0n) is 10.4. The summed E-state index contributed by atoms with van der Waals surface area (Å²) in [6.45, 7) is 0. The van der Waals surface area contributed by atoms with Crippen LogP contribution in [-0.4, -0.2) is 15.8 Å². The summed E-state index contributed by atoms with van der Waals surface area (Å²) in [5, 5.41) is 22.3. The summed E-state index contributed by atoms with van der Waals surface area (Å²) >= 11 is 5.69. The second kappa shape index (κ2) is 5.98. The molecule has 1 heterocycles. The number of nitro benzene ring substituents is 1. The number of benzene rings is 1. The Balaban J connectivity index is 2.29. The summed E-state index contributed by atoms with van der Waals surface area (Å²) in [4.78, 5) is 25.8. The molecule has 0 aliphatic rings. The number of rotatable bonds is 3. The van der Waals surface area contributed by atoms with Crippen LogP contribution in [0.5, 0.6) is 0 Å². The van der Waals surface area contributed by atoms with Gasteiger partial charge < -0.3 is 5.32 Å². The Kier molecular flexibility index (Phi) is 4.11. The molecule has 0 aliphatic heterocycles. The van der Waals surface area contributed by atoms with Crippen LogP contribution in [0.4, 0.5) is 11.4 Å². The number of halogens is 1. The predicted molar refractivity (Wildman–Crippen MR) is 75.0 cm³/mol. The Labute approximate surface area is 123 Å². The molecule has 0 radical (unpaired) electrons. The van der Waals surface area contributed by atoms with Crippen molar-refractivity contribution in [1.29, 1.82) is 5.26 Å². The molecule has 0 spiro atoms. The highest BCUT2D eigenvalue weighted by molar-refractivity contribution is 6.29. The molecule has 1 amide bonds. The lowest BCUT2D eigenvalue weighted by molar-refractivity contribution is -0.384. The number of nitrogens with one attached hydrogen (secondary N) is 1. The molecule has 2 aromatic rings. The van der Waals surface area contributed by atoms with Gasteiger partial charge in [0.05, 0.1) is 16.2 Å². The van der Waals surface area contributed by atoms with Gasteiger partial charge in [0.25, 0.3) is 11.6 Å². The lowest BCUT2D eigenvalue weighted by atomic mass is 10.1. The molecule has 0 bridgehead atoms. The average molecular weight is 303 g/mol. The largest absolute Gasteiger partial charge is 0.319 e. The highest BCUT2D eigenvalue weighted by atomic mass is 35.5. The number of carbonyl (C=O) groups excluding carboxylic acids is 1. The number of anilines is 1. The van der Waals surface area contributed by atoms with E-state index in [1.807, 2.05) is 0 Å². The van der Waals surface area contributed by atoms with Gasteiger partial charge >= 0.3 is 0 Å². The molecule has 21 heavy (non-hydrogen) atoms. The zero-order chi connectivity index (χ0) is 15.4. The number of carbonyl (C=O) groups is 1. The first-order chi connectivity index (χ1) is 10.0. The Bertz CT molecular complexity index is 770. The minimum absolute atomic E-state index is 0.0143. The molecule has 0 saturated carbocycles. The SMILES string of the molecule is N#Cc1cc([N+](=O)[O-])ccc1NC(=O)c1cccc(Cl)n1. The van der Waals surface area contributed by atoms with Gasteiger partial charge in [-0.15, -0.1) is 0 Å². The number of nitro groups is 1. The van der Waals surface area contributed by atoms with Crippen molar-refractivity contribution >= 4 is 28.9 Å². The number of pyridine rings is 1. The molecule has 1 N–H and O–H groups in total. The monoisotopic (exact) mass is 302 g/mol. The van der Waals surface area contributed by atoms with E-state index in [9.17, 15) is 14.9 Å². The Morgan fingerprint density at radius 3 is 2.76 bits per heavy atom. The van der Waals surface area contributed by atoms with Crippen LogP contribution in [0, 0.1) is 21.4 Å². The molecule has 0 fully saturated rings. The Morgan fingerprint density at radius 2 is 2.14 bits per heavy atom. The zero-order valence-corrected chi connectivity index (χ0v) is 11.2. The van der Waals surface area contributed by atoms with Crippen LogP contribution in [0.25, 0.3) is 0 Å². The number of hydrogen-bond acceptors (Lipinski definition) is 5. The van der Waals surface area contributed by atoms with Gasteiger partial charge in [0, 0.05) is 12.1 Å². The van der Waals surface area contributed by atoms with E-state index in [0.717, 1.165) is 6.07 Å². The fraction of sp³-hybridized carbons (Fsp3) is 0. The molecule has 0 aliphatic carbocycles. The van der Waals surface area contributed by atoms with E-state index in [1.54, 1.807) is 12.1 Å². The van der Waals surface area contributed by atoms with Gasteiger partial charge in [0.15, 0.2) is 0 Å². The molecule has 8 heteroatoms. The Morgan fingerprint density at radius 1 is 1.38 bits per heavy atom. The summed E-state index contributed by atoms with van der Waals surface area (Å²) in [6, 6.07) is 9.90. The van der Waals surface area contributed by atoms with Crippen molar-refractivity contribution < 1.29 is 9.72 Å². The highest BCUT2D eigenvalue weighted by Gasteiger charge is 2.14. The van der Waals surface area contributed by atoms with Crippen LogP contribution < -0.4 is 5.32 Å². The van der Waals surface area contributed by atoms with E-state index in [4.69, 9.17) is 16.9 Å². The van der Waals surface area contributed by atoms with Crippen molar-refractivity contribution in [2.24, 2.45) is 0 Å². The van der Waals surface area contributed by atoms with Crippen molar-refractivity contribution in [2.75, 3.05) is 5.32 Å². The van der Waals surface area contributed by atoms with Crippen molar-refractivity contribution in [3.8, 4) is 6.07 Å². The van der Waals surface area contributed by atoms with Gasteiger partial charge in [-0.1, -0.05) is 17.7 Å². The first-order valence-electron chi connectivity index (χ1n) is 5.63. The first-order valence-corrected chi connectivity index (χ1v) is 6.01. The maximum absolute atomic E-state index is 12.0. The van der Waals surface area contributed by atoms with Crippen LogP contribution in [-0.2, 0) is 0 Å². The van der Waals surface area contributed by atoms with Gasteiger partial charge in [-0.25, -0.2) is 4.98 Å². The quantitative estimate of drug-likeness (QED) is 0.532. The van der Waals surface area contributed by atoms with Gasteiger partial charge in [0.2, 0.25) is 0 Å². The normalized spacial score (nSPS) is 9.71.